The number of carbonyl (C=O) groups is 1. The third-order valence-corrected chi connectivity index (χ3v) is 6.99. The molecule has 210 valence electrons. The van der Waals surface area contributed by atoms with Crippen LogP contribution < -0.4 is 4.74 Å². The van der Waals surface area contributed by atoms with Crippen LogP contribution in [0.5, 0.6) is 17.2 Å². The van der Waals surface area contributed by atoms with Gasteiger partial charge in [-0.05, 0) is 41.8 Å². The van der Waals surface area contributed by atoms with E-state index < -0.39 is 0 Å². The van der Waals surface area contributed by atoms with Crippen molar-refractivity contribution in [2.75, 3.05) is 0 Å². The number of benzene rings is 2. The highest BCUT2D eigenvalue weighted by atomic mass is 16.5. The summed E-state index contributed by atoms with van der Waals surface area (Å²) in [6.45, 7) is 2.28. The average molecular weight is 523 g/mol. The first-order valence-electron chi connectivity index (χ1n) is 15.1. The number of phenolic OH excluding ortho intramolecular Hbond substituents is 2. The van der Waals surface area contributed by atoms with Gasteiger partial charge in [-0.3, -0.25) is 4.79 Å². The number of unbranched alkanes of at least 4 members (excludes halogenated alkanes) is 16. The van der Waals surface area contributed by atoms with E-state index >= 15 is 0 Å². The molecule has 0 atom stereocenters. The summed E-state index contributed by atoms with van der Waals surface area (Å²) in [6.07, 6.45) is 26.7. The van der Waals surface area contributed by atoms with Crippen molar-refractivity contribution in [2.45, 2.75) is 122 Å². The lowest BCUT2D eigenvalue weighted by Gasteiger charge is -2.05. The second-order valence-electron chi connectivity index (χ2n) is 10.6. The average Bonchev–Trinajstić information content (AvgIpc) is 2.89. The maximum absolute atomic E-state index is 12.1. The van der Waals surface area contributed by atoms with Crippen molar-refractivity contribution in [2.24, 2.45) is 0 Å². The van der Waals surface area contributed by atoms with Crippen molar-refractivity contribution in [3.05, 3.63) is 53.6 Å². The molecule has 0 saturated heterocycles. The smallest absolute Gasteiger partial charge is 0.311 e. The molecule has 38 heavy (non-hydrogen) atoms. The van der Waals surface area contributed by atoms with Crippen molar-refractivity contribution < 1.29 is 19.7 Å². The summed E-state index contributed by atoms with van der Waals surface area (Å²) in [5, 5.41) is 19.1. The minimum Gasteiger partial charge on any atom is -0.508 e. The Labute approximate surface area is 231 Å². The lowest BCUT2D eigenvalue weighted by atomic mass is 10.0. The number of carbonyl (C=O) groups excluding carboxylic acids is 1. The van der Waals surface area contributed by atoms with Crippen molar-refractivity contribution >= 4 is 18.1 Å². The molecule has 0 bridgehead atoms. The summed E-state index contributed by atoms with van der Waals surface area (Å²) in [4.78, 5) is 12.1. The van der Waals surface area contributed by atoms with Crippen LogP contribution >= 0.6 is 0 Å². The maximum atomic E-state index is 12.1. The Morgan fingerprint density at radius 3 is 1.50 bits per heavy atom. The summed E-state index contributed by atoms with van der Waals surface area (Å²) in [5.41, 5.74) is 1.63. The highest BCUT2D eigenvalue weighted by Crippen LogP contribution is 2.22. The van der Waals surface area contributed by atoms with E-state index in [9.17, 15) is 15.0 Å². The molecule has 0 heterocycles. The van der Waals surface area contributed by atoms with Crippen LogP contribution in [0.15, 0.2) is 42.5 Å². The molecular weight excluding hydrogens is 472 g/mol. The second-order valence-corrected chi connectivity index (χ2v) is 10.6. The third kappa shape index (κ3) is 15.5. The molecule has 0 unspecified atom stereocenters. The Hall–Kier alpha value is -2.75. The lowest BCUT2D eigenvalue weighted by Crippen LogP contribution is -2.07. The van der Waals surface area contributed by atoms with Gasteiger partial charge >= 0.3 is 5.97 Å². The molecule has 0 aromatic heterocycles. The molecule has 2 aromatic carbocycles. The zero-order chi connectivity index (χ0) is 27.3. The molecule has 0 spiro atoms. The summed E-state index contributed by atoms with van der Waals surface area (Å²) in [6, 6.07) is 11.8. The molecule has 2 rings (SSSR count). The normalized spacial score (nSPS) is 11.3. The minimum absolute atomic E-state index is 0.0199. The molecular formula is C34H50O4. The van der Waals surface area contributed by atoms with E-state index in [2.05, 4.69) is 6.92 Å². The zero-order valence-electron chi connectivity index (χ0n) is 23.6. The number of phenols is 2. The van der Waals surface area contributed by atoms with Crippen LogP contribution in [0.2, 0.25) is 0 Å². The fourth-order valence-corrected chi connectivity index (χ4v) is 4.73. The van der Waals surface area contributed by atoms with Crippen molar-refractivity contribution in [1.29, 1.82) is 0 Å². The van der Waals surface area contributed by atoms with Gasteiger partial charge in [0.1, 0.15) is 17.2 Å². The van der Waals surface area contributed by atoms with Crippen LogP contribution in [0.1, 0.15) is 134 Å². The fraction of sp³-hybridized carbons (Fsp3) is 0.559. The van der Waals surface area contributed by atoms with E-state index in [1.807, 2.05) is 18.2 Å². The van der Waals surface area contributed by atoms with Gasteiger partial charge in [-0.25, -0.2) is 0 Å². The van der Waals surface area contributed by atoms with Crippen LogP contribution in [0.3, 0.4) is 0 Å². The molecule has 4 nitrogen and oxygen atoms in total. The van der Waals surface area contributed by atoms with Gasteiger partial charge in [0, 0.05) is 12.5 Å². The van der Waals surface area contributed by atoms with Crippen LogP contribution in [0.4, 0.5) is 0 Å². The molecule has 4 heteroatoms. The van der Waals surface area contributed by atoms with E-state index in [-0.39, 0.29) is 17.5 Å². The highest BCUT2D eigenvalue weighted by Gasteiger charge is 2.05. The minimum atomic E-state index is -0.176. The van der Waals surface area contributed by atoms with Crippen molar-refractivity contribution in [1.82, 2.24) is 0 Å². The third-order valence-electron chi connectivity index (χ3n) is 6.99. The highest BCUT2D eigenvalue weighted by molar-refractivity contribution is 5.73. The molecule has 0 aliphatic rings. The molecule has 2 aromatic rings. The van der Waals surface area contributed by atoms with Gasteiger partial charge < -0.3 is 14.9 Å². The van der Waals surface area contributed by atoms with Gasteiger partial charge in [0.05, 0.1) is 0 Å². The largest absolute Gasteiger partial charge is 0.508 e. The number of esters is 1. The van der Waals surface area contributed by atoms with Crippen LogP contribution in [-0.2, 0) is 4.79 Å². The first kappa shape index (κ1) is 31.5. The van der Waals surface area contributed by atoms with Gasteiger partial charge in [0.2, 0.25) is 0 Å². The number of hydrogen-bond acceptors (Lipinski definition) is 4. The molecule has 0 fully saturated rings. The summed E-state index contributed by atoms with van der Waals surface area (Å²) < 4.78 is 5.46. The first-order chi connectivity index (χ1) is 18.6. The van der Waals surface area contributed by atoms with E-state index in [0.29, 0.717) is 17.7 Å². The maximum Gasteiger partial charge on any atom is 0.311 e. The number of aromatic hydroxyl groups is 2. The van der Waals surface area contributed by atoms with E-state index in [0.717, 1.165) is 18.4 Å². The fourth-order valence-electron chi connectivity index (χ4n) is 4.73. The Morgan fingerprint density at radius 1 is 0.605 bits per heavy atom. The molecule has 0 amide bonds. The number of rotatable bonds is 21. The van der Waals surface area contributed by atoms with Gasteiger partial charge in [-0.1, -0.05) is 134 Å². The molecule has 0 aliphatic carbocycles. The zero-order valence-corrected chi connectivity index (χ0v) is 23.6. The topological polar surface area (TPSA) is 66.8 Å². The summed E-state index contributed by atoms with van der Waals surface area (Å²) >= 11 is 0. The SMILES string of the molecule is CCCCCCCCCCCCCCCCCCCC(=O)Oc1ccc(C=Cc2cc(O)cc(O)c2)cc1. The number of hydrogen-bond donors (Lipinski definition) is 2. The Morgan fingerprint density at radius 2 is 1.03 bits per heavy atom. The Balaban J connectivity index is 1.43. The van der Waals surface area contributed by atoms with Gasteiger partial charge in [0.15, 0.2) is 0 Å². The first-order valence-corrected chi connectivity index (χ1v) is 15.1. The van der Waals surface area contributed by atoms with Crippen molar-refractivity contribution in [3.8, 4) is 17.2 Å². The van der Waals surface area contributed by atoms with E-state index in [4.69, 9.17) is 4.74 Å². The van der Waals surface area contributed by atoms with Gasteiger partial charge in [-0.2, -0.15) is 0 Å². The Bertz CT molecular complexity index is 896. The van der Waals surface area contributed by atoms with Crippen LogP contribution in [0.25, 0.3) is 12.2 Å². The van der Waals surface area contributed by atoms with Crippen LogP contribution in [-0.4, -0.2) is 16.2 Å². The van der Waals surface area contributed by atoms with Crippen molar-refractivity contribution in [3.63, 3.8) is 0 Å². The molecule has 0 radical (unpaired) electrons. The van der Waals surface area contributed by atoms with Gasteiger partial charge in [0.25, 0.3) is 0 Å². The predicted molar refractivity (Wildman–Crippen MR) is 160 cm³/mol. The second kappa shape index (κ2) is 20.2. The molecule has 2 N–H and O–H groups in total. The van der Waals surface area contributed by atoms with Gasteiger partial charge in [-0.15, -0.1) is 0 Å². The molecule has 0 saturated carbocycles. The van der Waals surface area contributed by atoms with Crippen LogP contribution in [0, 0.1) is 0 Å². The van der Waals surface area contributed by atoms with E-state index in [1.54, 1.807) is 30.3 Å². The lowest BCUT2D eigenvalue weighted by molar-refractivity contribution is -0.134. The van der Waals surface area contributed by atoms with E-state index in [1.165, 1.54) is 102 Å². The molecule has 0 aliphatic heterocycles. The summed E-state index contributed by atoms with van der Waals surface area (Å²) in [7, 11) is 0. The quantitative estimate of drug-likeness (QED) is 0.0740. The Kier molecular flexibility index (Phi) is 16.8. The predicted octanol–water partition coefficient (Wildman–Crippen LogP) is 10.2. The summed E-state index contributed by atoms with van der Waals surface area (Å²) in [5.74, 6) is 0.414. The number of ether oxygens (including phenoxy) is 1. The monoisotopic (exact) mass is 522 g/mol. The standard InChI is InChI=1S/C34H50O4/c1-2-3-4-5-6-7-8-9-10-11-12-13-14-15-16-17-18-19-34(37)38-33-24-22-29(23-25-33)20-21-30-26-31(35)28-32(36)27-30/h20-28,35-36H,2-19H2,1H3.